The van der Waals surface area contributed by atoms with Gasteiger partial charge in [0.15, 0.2) is 11.6 Å². The number of carbonyl (C=O) groups is 2. The second-order valence-electron chi connectivity index (χ2n) is 8.92. The van der Waals surface area contributed by atoms with E-state index in [-0.39, 0.29) is 11.6 Å². The van der Waals surface area contributed by atoms with Crippen molar-refractivity contribution < 1.29 is 9.59 Å². The molecule has 172 valence electrons. The molecule has 1 fully saturated rings. The highest BCUT2D eigenvalue weighted by Crippen LogP contribution is 2.29. The van der Waals surface area contributed by atoms with Crippen molar-refractivity contribution in [2.75, 3.05) is 25.5 Å². The largest absolute Gasteiger partial charge is 0.345 e. The number of H-pyrrole nitrogens is 1. The number of likely N-dealkylation sites (tertiary alicyclic amines) is 1. The fourth-order valence-electron chi connectivity index (χ4n) is 4.54. The van der Waals surface area contributed by atoms with Crippen LogP contribution in [0.4, 0.5) is 11.5 Å². The molecule has 7 nitrogen and oxygen atoms in total. The fraction of sp³-hybridized carbons (Fsp3) is 0.259. The van der Waals surface area contributed by atoms with Gasteiger partial charge in [0.1, 0.15) is 17.8 Å². The summed E-state index contributed by atoms with van der Waals surface area (Å²) in [4.78, 5) is 40.1. The van der Waals surface area contributed by atoms with Gasteiger partial charge >= 0.3 is 0 Å². The van der Waals surface area contributed by atoms with Crippen molar-refractivity contribution in [3.8, 4) is 0 Å². The number of anilines is 2. The lowest BCUT2D eigenvalue weighted by Gasteiger charge is -2.28. The fourth-order valence-corrected chi connectivity index (χ4v) is 4.54. The summed E-state index contributed by atoms with van der Waals surface area (Å²) in [5, 5.41) is 3.93. The number of nitrogens with one attached hydrogen (secondary N) is 2. The number of nitrogens with zero attached hydrogens (tertiary/aromatic N) is 3. The van der Waals surface area contributed by atoms with Gasteiger partial charge in [-0.05, 0) is 51.0 Å². The van der Waals surface area contributed by atoms with Gasteiger partial charge in [-0.25, -0.2) is 9.97 Å². The summed E-state index contributed by atoms with van der Waals surface area (Å²) in [5.41, 5.74) is 3.10. The standard InChI is InChI=1S/C27H27N5O2/c1-32-12-10-18(11-13-32)14-23(33)20-8-5-9-21(15-20)31-27-24-22(16-28-26(24)29-17-30-27)25(34)19-6-3-2-4-7-19/h2-9,15-18H,10-14H2,1H3,(H2,28,29,30,31). The number of benzene rings is 2. The van der Waals surface area contributed by atoms with Crippen molar-refractivity contribution in [1.82, 2.24) is 19.9 Å². The first-order valence-electron chi connectivity index (χ1n) is 11.6. The van der Waals surface area contributed by atoms with E-state index in [1.54, 1.807) is 18.3 Å². The SMILES string of the molecule is CN1CCC(CC(=O)c2cccc(Nc3ncnc4[nH]cc(C(=O)c5ccccc5)c34)c2)CC1. The van der Waals surface area contributed by atoms with E-state index in [1.165, 1.54) is 6.33 Å². The third-order valence-corrected chi connectivity index (χ3v) is 6.51. The summed E-state index contributed by atoms with van der Waals surface area (Å²) in [7, 11) is 2.13. The Bertz CT molecular complexity index is 1320. The first kappa shape index (κ1) is 22.0. The Morgan fingerprint density at radius 2 is 1.79 bits per heavy atom. The van der Waals surface area contributed by atoms with Crippen LogP contribution in [0.5, 0.6) is 0 Å². The molecule has 2 aromatic heterocycles. The second kappa shape index (κ2) is 9.57. The van der Waals surface area contributed by atoms with Crippen molar-refractivity contribution in [3.05, 3.63) is 83.8 Å². The van der Waals surface area contributed by atoms with Crippen LogP contribution in [0.3, 0.4) is 0 Å². The molecule has 4 aromatic rings. The highest BCUT2D eigenvalue weighted by molar-refractivity contribution is 6.18. The van der Waals surface area contributed by atoms with E-state index in [9.17, 15) is 9.59 Å². The molecule has 0 atom stereocenters. The van der Waals surface area contributed by atoms with Crippen molar-refractivity contribution in [2.24, 2.45) is 5.92 Å². The quantitative estimate of drug-likeness (QED) is 0.389. The van der Waals surface area contributed by atoms with Crippen LogP contribution >= 0.6 is 0 Å². The zero-order valence-corrected chi connectivity index (χ0v) is 19.1. The third-order valence-electron chi connectivity index (χ3n) is 6.51. The van der Waals surface area contributed by atoms with E-state index >= 15 is 0 Å². The number of piperidine rings is 1. The Labute approximate surface area is 198 Å². The summed E-state index contributed by atoms with van der Waals surface area (Å²) < 4.78 is 0. The maximum Gasteiger partial charge on any atom is 0.195 e. The van der Waals surface area contributed by atoms with Gasteiger partial charge in [0.05, 0.1) is 10.9 Å². The average Bonchev–Trinajstić information content (AvgIpc) is 3.31. The monoisotopic (exact) mass is 453 g/mol. The van der Waals surface area contributed by atoms with Gasteiger partial charge in [0, 0.05) is 29.4 Å². The molecule has 1 aliphatic rings. The van der Waals surface area contributed by atoms with Gasteiger partial charge < -0.3 is 15.2 Å². The molecule has 0 bridgehead atoms. The Hall–Kier alpha value is -3.84. The molecule has 0 radical (unpaired) electrons. The Balaban J connectivity index is 1.39. The molecule has 2 N–H and O–H groups in total. The van der Waals surface area contributed by atoms with Crippen LogP contribution in [-0.4, -0.2) is 51.6 Å². The van der Waals surface area contributed by atoms with Crippen molar-refractivity contribution in [1.29, 1.82) is 0 Å². The molecule has 0 aliphatic carbocycles. The Kier molecular flexibility index (Phi) is 6.18. The van der Waals surface area contributed by atoms with Gasteiger partial charge in [-0.3, -0.25) is 9.59 Å². The first-order valence-corrected chi connectivity index (χ1v) is 11.6. The van der Waals surface area contributed by atoms with E-state index in [4.69, 9.17) is 0 Å². The number of hydrogen-bond acceptors (Lipinski definition) is 6. The molecule has 0 saturated carbocycles. The van der Waals surface area contributed by atoms with Crippen LogP contribution in [0.2, 0.25) is 0 Å². The normalized spacial score (nSPS) is 14.9. The van der Waals surface area contributed by atoms with Crippen LogP contribution in [0.1, 0.15) is 45.5 Å². The van der Waals surface area contributed by atoms with Gasteiger partial charge in [-0.2, -0.15) is 0 Å². The number of aromatic amines is 1. The van der Waals surface area contributed by atoms with Crippen molar-refractivity contribution >= 4 is 34.1 Å². The number of fused-ring (bicyclic) bond motifs is 1. The first-order chi connectivity index (χ1) is 16.6. The maximum absolute atomic E-state index is 13.1. The number of carbonyl (C=O) groups excluding carboxylic acids is 2. The van der Waals surface area contributed by atoms with Gasteiger partial charge in [-0.15, -0.1) is 0 Å². The predicted molar refractivity (Wildman–Crippen MR) is 133 cm³/mol. The van der Waals surface area contributed by atoms with Crippen molar-refractivity contribution in [2.45, 2.75) is 19.3 Å². The highest BCUT2D eigenvalue weighted by atomic mass is 16.1. The summed E-state index contributed by atoms with van der Waals surface area (Å²) in [6.07, 6.45) is 5.81. The Morgan fingerprint density at radius 3 is 2.59 bits per heavy atom. The average molecular weight is 454 g/mol. The molecule has 5 rings (SSSR count). The van der Waals surface area contributed by atoms with Crippen LogP contribution in [0.15, 0.2) is 67.1 Å². The van der Waals surface area contributed by atoms with Gasteiger partial charge in [0.2, 0.25) is 0 Å². The molecular weight excluding hydrogens is 426 g/mol. The number of ketones is 2. The Morgan fingerprint density at radius 1 is 1.03 bits per heavy atom. The summed E-state index contributed by atoms with van der Waals surface area (Å²) >= 11 is 0. The third kappa shape index (κ3) is 4.61. The second-order valence-corrected chi connectivity index (χ2v) is 8.92. The molecule has 0 unspecified atom stereocenters. The molecular formula is C27H27N5O2. The van der Waals surface area contributed by atoms with Crippen LogP contribution in [-0.2, 0) is 0 Å². The van der Waals surface area contributed by atoms with Crippen LogP contribution in [0, 0.1) is 5.92 Å². The molecule has 3 heterocycles. The molecule has 0 spiro atoms. The van der Waals surface area contributed by atoms with E-state index in [0.29, 0.717) is 45.9 Å². The molecule has 7 heteroatoms. The summed E-state index contributed by atoms with van der Waals surface area (Å²) in [6, 6.07) is 16.6. The number of Topliss-reactive ketones (excluding diaryl/α,β-unsaturated/α-hetero) is 1. The smallest absolute Gasteiger partial charge is 0.195 e. The van der Waals surface area contributed by atoms with E-state index < -0.39 is 0 Å². The van der Waals surface area contributed by atoms with Gasteiger partial charge in [-0.1, -0.05) is 42.5 Å². The topological polar surface area (TPSA) is 91.0 Å². The number of aromatic nitrogens is 3. The zero-order chi connectivity index (χ0) is 23.5. The lowest BCUT2D eigenvalue weighted by molar-refractivity contribution is 0.0935. The number of hydrogen-bond donors (Lipinski definition) is 2. The van der Waals surface area contributed by atoms with Crippen LogP contribution < -0.4 is 5.32 Å². The minimum atomic E-state index is -0.105. The molecule has 2 aromatic carbocycles. The highest BCUT2D eigenvalue weighted by Gasteiger charge is 2.21. The van der Waals surface area contributed by atoms with E-state index in [1.807, 2.05) is 42.5 Å². The predicted octanol–water partition coefficient (Wildman–Crippen LogP) is 4.85. The number of rotatable bonds is 7. The van der Waals surface area contributed by atoms with Gasteiger partial charge in [0.25, 0.3) is 0 Å². The molecule has 1 saturated heterocycles. The molecule has 1 aliphatic heterocycles. The summed E-state index contributed by atoms with van der Waals surface area (Å²) in [5.74, 6) is 1.01. The van der Waals surface area contributed by atoms with E-state index in [0.717, 1.165) is 31.6 Å². The molecule has 34 heavy (non-hydrogen) atoms. The maximum atomic E-state index is 13.1. The molecule has 0 amide bonds. The van der Waals surface area contributed by atoms with Crippen molar-refractivity contribution in [3.63, 3.8) is 0 Å². The minimum absolute atomic E-state index is 0.105. The lowest BCUT2D eigenvalue weighted by atomic mass is 9.90. The van der Waals surface area contributed by atoms with Crippen LogP contribution in [0.25, 0.3) is 11.0 Å². The minimum Gasteiger partial charge on any atom is -0.345 e. The zero-order valence-electron chi connectivity index (χ0n) is 19.1. The summed E-state index contributed by atoms with van der Waals surface area (Å²) in [6.45, 7) is 2.09. The lowest BCUT2D eigenvalue weighted by Crippen LogP contribution is -2.31. The van der Waals surface area contributed by atoms with E-state index in [2.05, 4.69) is 32.2 Å².